The SMILES string of the molecule is [Br-].[CH2-]CCC.[CH2-]CCC.[CH2-]CCC.[Ti+4]. The van der Waals surface area contributed by atoms with E-state index in [0.29, 0.717) is 0 Å². The average molecular weight is 299 g/mol. The number of hydrogen-bond acceptors (Lipinski definition) is 0. The molecule has 0 N–H and O–H groups in total. The molecular weight excluding hydrogens is 272 g/mol. The molecule has 0 unspecified atom stereocenters. The van der Waals surface area contributed by atoms with Crippen LogP contribution in [0.3, 0.4) is 0 Å². The van der Waals surface area contributed by atoms with Crippen molar-refractivity contribution < 1.29 is 38.7 Å². The largest absolute Gasteiger partial charge is 4.00 e. The van der Waals surface area contributed by atoms with Gasteiger partial charge in [0.25, 0.3) is 0 Å². The third kappa shape index (κ3) is 112. The summed E-state index contributed by atoms with van der Waals surface area (Å²) in [6.07, 6.45) is 6.83. The topological polar surface area (TPSA) is 0 Å². The minimum absolute atomic E-state index is 0. The molecule has 0 aliphatic carbocycles. The summed E-state index contributed by atoms with van der Waals surface area (Å²) >= 11 is 0. The van der Waals surface area contributed by atoms with E-state index in [1.54, 1.807) is 0 Å². The smallest absolute Gasteiger partial charge is 1.00 e. The molecule has 0 spiro atoms. The number of hydrogen-bond donors (Lipinski definition) is 0. The molecule has 0 aromatic rings. The van der Waals surface area contributed by atoms with Gasteiger partial charge in [-0.2, -0.15) is 19.3 Å². The van der Waals surface area contributed by atoms with Gasteiger partial charge in [-0.05, 0) is 0 Å². The zero-order valence-electron chi connectivity index (χ0n) is 10.2. The third-order valence-electron chi connectivity index (χ3n) is 1.06. The molecule has 86 valence electrons. The average Bonchev–Trinajstić information content (AvgIpc) is 2.18. The molecule has 0 atom stereocenters. The van der Waals surface area contributed by atoms with Gasteiger partial charge in [-0.15, -0.1) is 0 Å². The molecule has 0 radical (unpaired) electrons. The maximum atomic E-state index is 3.60. The second-order valence-electron chi connectivity index (χ2n) is 2.56. The Bertz CT molecular complexity index is 25.8. The van der Waals surface area contributed by atoms with Crippen LogP contribution >= 0.6 is 0 Å². The maximum Gasteiger partial charge on any atom is 4.00 e. The number of halogens is 1. The number of unbranched alkanes of at least 4 members (excludes halogenated alkanes) is 3. The van der Waals surface area contributed by atoms with Crippen molar-refractivity contribution in [3.8, 4) is 0 Å². The minimum atomic E-state index is 0. The Morgan fingerprint density at radius 2 is 0.714 bits per heavy atom. The second-order valence-corrected chi connectivity index (χ2v) is 2.56. The van der Waals surface area contributed by atoms with E-state index >= 15 is 0 Å². The van der Waals surface area contributed by atoms with Crippen molar-refractivity contribution in [3.05, 3.63) is 20.8 Å². The van der Waals surface area contributed by atoms with Gasteiger partial charge in [-0.25, -0.2) is 0 Å². The fourth-order valence-electron chi connectivity index (χ4n) is 0. The van der Waals surface area contributed by atoms with Crippen LogP contribution < -0.4 is 17.0 Å². The first kappa shape index (κ1) is 29.5. The van der Waals surface area contributed by atoms with Crippen LogP contribution in [0.15, 0.2) is 0 Å². The van der Waals surface area contributed by atoms with E-state index in [-0.39, 0.29) is 38.7 Å². The van der Waals surface area contributed by atoms with E-state index in [4.69, 9.17) is 0 Å². The summed E-state index contributed by atoms with van der Waals surface area (Å²) in [5, 5.41) is 0. The molecule has 0 aromatic carbocycles. The Hall–Kier alpha value is 1.19. The molecule has 0 bridgehead atoms. The van der Waals surface area contributed by atoms with Crippen LogP contribution in [0.1, 0.15) is 59.3 Å². The molecule has 0 rings (SSSR count). The first-order valence-electron chi connectivity index (χ1n) is 5.12. The number of rotatable bonds is 3. The summed E-state index contributed by atoms with van der Waals surface area (Å²) in [5.74, 6) is 0. The van der Waals surface area contributed by atoms with E-state index < -0.39 is 0 Å². The Labute approximate surface area is 118 Å². The van der Waals surface area contributed by atoms with E-state index in [1.807, 2.05) is 0 Å². The van der Waals surface area contributed by atoms with Gasteiger partial charge in [0.1, 0.15) is 0 Å². The Morgan fingerprint density at radius 1 is 0.643 bits per heavy atom. The first-order valence-corrected chi connectivity index (χ1v) is 5.12. The van der Waals surface area contributed by atoms with E-state index in [9.17, 15) is 0 Å². The summed E-state index contributed by atoms with van der Waals surface area (Å²) in [6, 6.07) is 0. The van der Waals surface area contributed by atoms with Crippen molar-refractivity contribution in [1.82, 2.24) is 0 Å². The predicted molar refractivity (Wildman–Crippen MR) is 60.8 cm³/mol. The predicted octanol–water partition coefficient (Wildman–Crippen LogP) is 1.86. The molecule has 0 nitrogen and oxygen atoms in total. The quantitative estimate of drug-likeness (QED) is 0.551. The zero-order valence-corrected chi connectivity index (χ0v) is 13.4. The second kappa shape index (κ2) is 47.7. The monoisotopic (exact) mass is 298 g/mol. The van der Waals surface area contributed by atoms with Gasteiger partial charge in [0.2, 0.25) is 0 Å². The van der Waals surface area contributed by atoms with Crippen LogP contribution in [0.25, 0.3) is 0 Å². The fraction of sp³-hybridized carbons (Fsp3) is 0.750. The zero-order chi connectivity index (χ0) is 10.2. The summed E-state index contributed by atoms with van der Waals surface area (Å²) in [6.45, 7) is 17.2. The van der Waals surface area contributed by atoms with Crippen LogP contribution in [-0.2, 0) is 21.7 Å². The van der Waals surface area contributed by atoms with Crippen LogP contribution in [0, 0.1) is 20.8 Å². The Morgan fingerprint density at radius 3 is 0.714 bits per heavy atom. The van der Waals surface area contributed by atoms with Crippen LogP contribution in [-0.4, -0.2) is 0 Å². The van der Waals surface area contributed by atoms with Crippen LogP contribution in [0.5, 0.6) is 0 Å². The van der Waals surface area contributed by atoms with Gasteiger partial charge in [0.05, 0.1) is 0 Å². The van der Waals surface area contributed by atoms with Gasteiger partial charge >= 0.3 is 21.7 Å². The summed E-state index contributed by atoms with van der Waals surface area (Å²) < 4.78 is 0. The van der Waals surface area contributed by atoms with Crippen molar-refractivity contribution in [1.29, 1.82) is 0 Å². The maximum absolute atomic E-state index is 3.60. The van der Waals surface area contributed by atoms with Gasteiger partial charge in [0, 0.05) is 0 Å². The van der Waals surface area contributed by atoms with Crippen molar-refractivity contribution in [3.63, 3.8) is 0 Å². The molecule has 14 heavy (non-hydrogen) atoms. The molecule has 0 saturated carbocycles. The van der Waals surface area contributed by atoms with Crippen molar-refractivity contribution in [2.45, 2.75) is 59.3 Å². The van der Waals surface area contributed by atoms with E-state index in [1.165, 1.54) is 19.3 Å². The molecule has 0 saturated heterocycles. The Kier molecular flexibility index (Phi) is 100. The van der Waals surface area contributed by atoms with Gasteiger partial charge in [-0.3, -0.25) is 0 Å². The first-order chi connectivity index (χ1) is 5.74. The fourth-order valence-corrected chi connectivity index (χ4v) is 0. The molecule has 0 amide bonds. The Balaban J connectivity index is -0.0000000270. The van der Waals surface area contributed by atoms with E-state index in [0.717, 1.165) is 19.3 Å². The minimum Gasteiger partial charge on any atom is -1.00 e. The third-order valence-corrected chi connectivity index (χ3v) is 1.06. The molecule has 2 heteroatoms. The van der Waals surface area contributed by atoms with E-state index in [2.05, 4.69) is 41.5 Å². The normalized spacial score (nSPS) is 6.43. The molecule has 0 aliphatic rings. The molecule has 0 aromatic heterocycles. The van der Waals surface area contributed by atoms with Crippen molar-refractivity contribution in [2.75, 3.05) is 0 Å². The molecule has 0 fully saturated rings. The van der Waals surface area contributed by atoms with Gasteiger partial charge in [-0.1, -0.05) is 40.0 Å². The standard InChI is InChI=1S/3C4H9.BrH.Ti/c3*1-3-4-2;;/h3*1,3-4H2,2H3;1H;/q3*-1;;+4/p-1. The van der Waals surface area contributed by atoms with Gasteiger partial charge < -0.3 is 37.8 Å². The van der Waals surface area contributed by atoms with Crippen molar-refractivity contribution >= 4 is 0 Å². The van der Waals surface area contributed by atoms with Crippen LogP contribution in [0.4, 0.5) is 0 Å². The van der Waals surface area contributed by atoms with Crippen LogP contribution in [0.2, 0.25) is 0 Å². The summed E-state index contributed by atoms with van der Waals surface area (Å²) in [4.78, 5) is 0. The summed E-state index contributed by atoms with van der Waals surface area (Å²) in [7, 11) is 0. The summed E-state index contributed by atoms with van der Waals surface area (Å²) in [5.41, 5.74) is 0. The molecule has 0 heterocycles. The molecular formula is C12H27BrTi. The van der Waals surface area contributed by atoms with Crippen molar-refractivity contribution in [2.24, 2.45) is 0 Å². The van der Waals surface area contributed by atoms with Gasteiger partial charge in [0.15, 0.2) is 0 Å². The molecule has 0 aliphatic heterocycles.